The van der Waals surface area contributed by atoms with Crippen LogP contribution in [0.25, 0.3) is 5.52 Å². The van der Waals surface area contributed by atoms with Gasteiger partial charge in [-0.25, -0.2) is 18.9 Å². The van der Waals surface area contributed by atoms with Crippen LogP contribution in [0.4, 0.5) is 10.2 Å². The Morgan fingerprint density at radius 1 is 1.06 bits per heavy atom. The maximum Gasteiger partial charge on any atom is 0.148 e. The van der Waals surface area contributed by atoms with Crippen molar-refractivity contribution < 1.29 is 9.50 Å². The fourth-order valence-electron chi connectivity index (χ4n) is 4.38. The van der Waals surface area contributed by atoms with Crippen molar-refractivity contribution in [1.29, 1.82) is 0 Å². The lowest BCUT2D eigenvalue weighted by atomic mass is 10.00. The molecule has 5 aromatic rings. The zero-order chi connectivity index (χ0) is 22.4. The molecule has 4 aromatic heterocycles. The Kier molecular flexibility index (Phi) is 4.62. The number of pyridine rings is 1. The van der Waals surface area contributed by atoms with E-state index in [1.54, 1.807) is 37.1 Å². The van der Waals surface area contributed by atoms with E-state index >= 15 is 0 Å². The van der Waals surface area contributed by atoms with Crippen LogP contribution in [0, 0.1) is 5.82 Å². The zero-order valence-electron chi connectivity index (χ0n) is 17.5. The molecule has 5 heterocycles. The maximum absolute atomic E-state index is 14.3. The summed E-state index contributed by atoms with van der Waals surface area (Å²) in [6.07, 6.45) is 6.53. The summed E-state index contributed by atoms with van der Waals surface area (Å²) in [5.41, 5.74) is 4.15. The lowest BCUT2D eigenvalue weighted by Crippen LogP contribution is -2.37. The number of benzene rings is 1. The van der Waals surface area contributed by atoms with Gasteiger partial charge in [-0.15, -0.1) is 0 Å². The third-order valence-corrected chi connectivity index (χ3v) is 6.02. The Bertz CT molecular complexity index is 1410. The Hall–Kier alpha value is -4.11. The number of aliphatic hydroxyl groups is 1. The average molecular weight is 441 g/mol. The second-order valence-corrected chi connectivity index (χ2v) is 7.98. The smallest absolute Gasteiger partial charge is 0.148 e. The molecule has 1 aliphatic rings. The number of hydrogen-bond acceptors (Lipinski definition) is 6. The van der Waals surface area contributed by atoms with Gasteiger partial charge in [0.2, 0.25) is 0 Å². The first kappa shape index (κ1) is 19.6. The summed E-state index contributed by atoms with van der Waals surface area (Å²) in [5, 5.41) is 15.3. The van der Waals surface area contributed by atoms with E-state index in [-0.39, 0.29) is 11.9 Å². The van der Waals surface area contributed by atoms with Crippen molar-refractivity contribution in [3.05, 3.63) is 108 Å². The van der Waals surface area contributed by atoms with E-state index in [4.69, 9.17) is 0 Å². The van der Waals surface area contributed by atoms with E-state index in [0.717, 1.165) is 23.4 Å². The Balaban J connectivity index is 1.38. The molecule has 6 rings (SSSR count). The van der Waals surface area contributed by atoms with Crippen molar-refractivity contribution in [3.63, 3.8) is 0 Å². The van der Waals surface area contributed by atoms with Crippen LogP contribution in [0.3, 0.4) is 0 Å². The summed E-state index contributed by atoms with van der Waals surface area (Å²) >= 11 is 0. The fourth-order valence-corrected chi connectivity index (χ4v) is 4.38. The van der Waals surface area contributed by atoms with Gasteiger partial charge in [0.25, 0.3) is 0 Å². The Morgan fingerprint density at radius 2 is 1.94 bits per heavy atom. The van der Waals surface area contributed by atoms with Crippen LogP contribution < -0.4 is 4.90 Å². The highest BCUT2D eigenvalue weighted by Gasteiger charge is 2.34. The van der Waals surface area contributed by atoms with Crippen molar-refractivity contribution in [2.45, 2.75) is 18.6 Å². The predicted molar refractivity (Wildman–Crippen MR) is 119 cm³/mol. The van der Waals surface area contributed by atoms with Crippen molar-refractivity contribution >= 4 is 11.3 Å². The van der Waals surface area contributed by atoms with Crippen LogP contribution in [0.1, 0.15) is 40.5 Å². The van der Waals surface area contributed by atoms with E-state index < -0.39 is 6.10 Å². The molecule has 33 heavy (non-hydrogen) atoms. The number of H-pyrrole nitrogens is 1. The van der Waals surface area contributed by atoms with Gasteiger partial charge in [-0.3, -0.25) is 4.98 Å². The first-order valence-corrected chi connectivity index (χ1v) is 10.7. The zero-order valence-corrected chi connectivity index (χ0v) is 17.5. The molecule has 2 atom stereocenters. The van der Waals surface area contributed by atoms with Gasteiger partial charge in [0.05, 0.1) is 35.8 Å². The van der Waals surface area contributed by atoms with Gasteiger partial charge in [0.1, 0.15) is 29.3 Å². The van der Waals surface area contributed by atoms with E-state index in [1.165, 1.54) is 10.6 Å². The van der Waals surface area contributed by atoms with Gasteiger partial charge in [-0.1, -0.05) is 30.3 Å². The van der Waals surface area contributed by atoms with Gasteiger partial charge in [-0.05, 0) is 23.8 Å². The SMILES string of the molecule is OC(c1ccccc1)c1cnc(N2CCc3[nH]cnc3[C@@H]2c2cc3c(F)cccn3n2)cn1. The predicted octanol–water partition coefficient (Wildman–Crippen LogP) is 3.22. The molecule has 0 bridgehead atoms. The van der Waals surface area contributed by atoms with Gasteiger partial charge in [-0.2, -0.15) is 5.10 Å². The summed E-state index contributed by atoms with van der Waals surface area (Å²) < 4.78 is 15.9. The van der Waals surface area contributed by atoms with Crippen molar-refractivity contribution in [1.82, 2.24) is 29.5 Å². The number of halogens is 1. The molecule has 2 N–H and O–H groups in total. The molecular weight excluding hydrogens is 421 g/mol. The largest absolute Gasteiger partial charge is 0.382 e. The standard InChI is InChI=1S/C24H20FN7O/c25-16-7-4-9-32-20(16)11-18(30-32)23-22-17(28-14-29-22)8-10-31(23)21-13-26-19(12-27-21)24(33)15-5-2-1-3-6-15/h1-7,9,11-14,23-24,33H,8,10H2,(H,28,29)/t23-,24?/m0/s1. The number of nitrogens with zero attached hydrogens (tertiary/aromatic N) is 6. The third kappa shape index (κ3) is 3.33. The lowest BCUT2D eigenvalue weighted by molar-refractivity contribution is 0.215. The molecular formula is C24H20FN7O. The van der Waals surface area contributed by atoms with Crippen LogP contribution in [-0.4, -0.2) is 41.2 Å². The number of rotatable bonds is 4. The second kappa shape index (κ2) is 7.79. The van der Waals surface area contributed by atoms with Crippen LogP contribution in [-0.2, 0) is 6.42 Å². The molecule has 0 amide bonds. The fraction of sp³-hybridized carbons (Fsp3) is 0.167. The number of aromatic amines is 1. The van der Waals surface area contributed by atoms with Crippen LogP contribution in [0.5, 0.6) is 0 Å². The molecule has 0 fully saturated rings. The number of nitrogens with one attached hydrogen (secondary N) is 1. The van der Waals surface area contributed by atoms with Crippen LogP contribution in [0.15, 0.2) is 73.4 Å². The molecule has 1 aliphatic heterocycles. The van der Waals surface area contributed by atoms with Gasteiger partial charge >= 0.3 is 0 Å². The third-order valence-electron chi connectivity index (χ3n) is 6.02. The normalized spacial score (nSPS) is 16.7. The highest BCUT2D eigenvalue weighted by Crippen LogP contribution is 2.36. The quantitative estimate of drug-likeness (QED) is 0.445. The average Bonchev–Trinajstić information content (AvgIpc) is 3.51. The first-order chi connectivity index (χ1) is 16.2. The van der Waals surface area contributed by atoms with E-state index in [1.807, 2.05) is 30.3 Å². The minimum Gasteiger partial charge on any atom is -0.382 e. The van der Waals surface area contributed by atoms with E-state index in [0.29, 0.717) is 29.3 Å². The summed E-state index contributed by atoms with van der Waals surface area (Å²) in [5.74, 6) is 0.301. The highest BCUT2D eigenvalue weighted by molar-refractivity contribution is 5.54. The van der Waals surface area contributed by atoms with Gasteiger partial charge in [0.15, 0.2) is 0 Å². The van der Waals surface area contributed by atoms with Crippen LogP contribution in [0.2, 0.25) is 0 Å². The van der Waals surface area contributed by atoms with Crippen LogP contribution >= 0.6 is 0 Å². The summed E-state index contributed by atoms with van der Waals surface area (Å²) in [6.45, 7) is 0.658. The summed E-state index contributed by atoms with van der Waals surface area (Å²) in [4.78, 5) is 18.9. The molecule has 9 heteroatoms. The number of fused-ring (bicyclic) bond motifs is 2. The number of hydrogen-bond donors (Lipinski definition) is 2. The molecule has 0 spiro atoms. The first-order valence-electron chi connectivity index (χ1n) is 10.7. The topological polar surface area (TPSA) is 95.2 Å². The Labute approximate surface area is 188 Å². The monoisotopic (exact) mass is 441 g/mol. The summed E-state index contributed by atoms with van der Waals surface area (Å²) in [6, 6.07) is 13.8. The molecule has 0 saturated carbocycles. The molecule has 1 aromatic carbocycles. The van der Waals surface area contributed by atoms with Crippen molar-refractivity contribution in [2.75, 3.05) is 11.4 Å². The van der Waals surface area contributed by atoms with Crippen molar-refractivity contribution in [2.24, 2.45) is 0 Å². The van der Waals surface area contributed by atoms with E-state index in [2.05, 4.69) is 29.9 Å². The van der Waals surface area contributed by atoms with Gasteiger partial charge < -0.3 is 15.0 Å². The number of aliphatic hydroxyl groups excluding tert-OH is 1. The maximum atomic E-state index is 14.3. The number of aromatic nitrogens is 6. The minimum atomic E-state index is -0.857. The van der Waals surface area contributed by atoms with Gasteiger partial charge in [0, 0.05) is 24.9 Å². The van der Waals surface area contributed by atoms with E-state index in [9.17, 15) is 9.50 Å². The molecule has 1 unspecified atom stereocenters. The number of imidazole rings is 1. The van der Waals surface area contributed by atoms with Crippen molar-refractivity contribution in [3.8, 4) is 0 Å². The second-order valence-electron chi connectivity index (χ2n) is 7.98. The minimum absolute atomic E-state index is 0.333. The molecule has 0 saturated heterocycles. The highest BCUT2D eigenvalue weighted by atomic mass is 19.1. The Morgan fingerprint density at radius 3 is 2.73 bits per heavy atom. The molecule has 8 nitrogen and oxygen atoms in total. The molecule has 0 radical (unpaired) electrons. The number of anilines is 1. The summed E-state index contributed by atoms with van der Waals surface area (Å²) in [7, 11) is 0. The lowest BCUT2D eigenvalue weighted by Gasteiger charge is -2.34. The molecule has 0 aliphatic carbocycles. The molecule has 164 valence electrons.